The van der Waals surface area contributed by atoms with Gasteiger partial charge in [0.1, 0.15) is 0 Å². The van der Waals surface area contributed by atoms with Crippen LogP contribution in [0.15, 0.2) is 4.99 Å². The normalized spacial score (nSPS) is 18.2. The maximum atomic E-state index is 4.69. The molecule has 5 heteroatoms. The van der Waals surface area contributed by atoms with E-state index in [1.807, 2.05) is 0 Å². The fourth-order valence-electron chi connectivity index (χ4n) is 2.85. The quantitative estimate of drug-likeness (QED) is 0.387. The van der Waals surface area contributed by atoms with Crippen LogP contribution in [-0.4, -0.2) is 75.2 Å². The maximum absolute atomic E-state index is 4.69. The van der Waals surface area contributed by atoms with Gasteiger partial charge >= 0.3 is 0 Å². The van der Waals surface area contributed by atoms with E-state index in [9.17, 15) is 0 Å². The summed E-state index contributed by atoms with van der Waals surface area (Å²) in [6.45, 7) is 15.4. The summed E-state index contributed by atoms with van der Waals surface area (Å²) in [6.07, 6.45) is 5.05. The van der Waals surface area contributed by atoms with Gasteiger partial charge in [0.05, 0.1) is 0 Å². The molecule has 1 aliphatic rings. The SMILES string of the molecule is CCNC(=NCCCCC(C)C)NCCN1CCCN(C)CC1. The Kier molecular flexibility index (Phi) is 11.1. The third-order valence-electron chi connectivity index (χ3n) is 4.34. The molecular weight excluding hydrogens is 286 g/mol. The van der Waals surface area contributed by atoms with E-state index in [0.29, 0.717) is 0 Å². The maximum Gasteiger partial charge on any atom is 0.191 e. The summed E-state index contributed by atoms with van der Waals surface area (Å²) in [6, 6.07) is 0. The molecule has 1 aliphatic heterocycles. The van der Waals surface area contributed by atoms with Crippen molar-refractivity contribution in [2.75, 3.05) is 59.4 Å². The van der Waals surface area contributed by atoms with Gasteiger partial charge in [0.2, 0.25) is 0 Å². The Morgan fingerprint density at radius 2 is 1.91 bits per heavy atom. The van der Waals surface area contributed by atoms with Gasteiger partial charge in [0.15, 0.2) is 5.96 Å². The Morgan fingerprint density at radius 1 is 1.09 bits per heavy atom. The van der Waals surface area contributed by atoms with E-state index in [1.165, 1.54) is 51.9 Å². The van der Waals surface area contributed by atoms with E-state index in [1.54, 1.807) is 0 Å². The molecule has 1 saturated heterocycles. The van der Waals surface area contributed by atoms with Crippen LogP contribution in [0.25, 0.3) is 0 Å². The van der Waals surface area contributed by atoms with Gasteiger partial charge in [-0.1, -0.05) is 26.7 Å². The number of guanidine groups is 1. The summed E-state index contributed by atoms with van der Waals surface area (Å²) in [7, 11) is 2.22. The van der Waals surface area contributed by atoms with Crippen molar-refractivity contribution >= 4 is 5.96 Å². The van der Waals surface area contributed by atoms with Gasteiger partial charge < -0.3 is 20.4 Å². The minimum absolute atomic E-state index is 0.804. The molecule has 0 radical (unpaired) electrons. The van der Waals surface area contributed by atoms with Gasteiger partial charge in [-0.2, -0.15) is 0 Å². The highest BCUT2D eigenvalue weighted by molar-refractivity contribution is 5.79. The van der Waals surface area contributed by atoms with Gasteiger partial charge in [0, 0.05) is 39.3 Å². The number of unbranched alkanes of at least 4 members (excludes halogenated alkanes) is 1. The Hall–Kier alpha value is -0.810. The van der Waals surface area contributed by atoms with Gasteiger partial charge in [-0.05, 0) is 45.8 Å². The van der Waals surface area contributed by atoms with Crippen molar-refractivity contribution in [1.82, 2.24) is 20.4 Å². The first-order valence-corrected chi connectivity index (χ1v) is 9.55. The number of nitrogens with one attached hydrogen (secondary N) is 2. The smallest absolute Gasteiger partial charge is 0.191 e. The first kappa shape index (κ1) is 20.2. The highest BCUT2D eigenvalue weighted by Gasteiger charge is 2.11. The van der Waals surface area contributed by atoms with Gasteiger partial charge in [-0.3, -0.25) is 4.99 Å². The topological polar surface area (TPSA) is 42.9 Å². The number of hydrogen-bond donors (Lipinski definition) is 2. The van der Waals surface area contributed by atoms with E-state index in [0.717, 1.165) is 38.1 Å². The molecule has 0 aromatic carbocycles. The Labute approximate surface area is 143 Å². The van der Waals surface area contributed by atoms with Crippen molar-refractivity contribution in [3.05, 3.63) is 0 Å². The van der Waals surface area contributed by atoms with Crippen LogP contribution in [0.3, 0.4) is 0 Å². The van der Waals surface area contributed by atoms with Crippen LogP contribution in [0.2, 0.25) is 0 Å². The number of likely N-dealkylation sites (N-methyl/N-ethyl adjacent to an activating group) is 1. The van der Waals surface area contributed by atoms with Crippen LogP contribution in [0.5, 0.6) is 0 Å². The average Bonchev–Trinajstić information content (AvgIpc) is 2.71. The molecule has 0 unspecified atom stereocenters. The van der Waals surface area contributed by atoms with E-state index in [4.69, 9.17) is 4.99 Å². The van der Waals surface area contributed by atoms with E-state index >= 15 is 0 Å². The molecular formula is C18H39N5. The third kappa shape index (κ3) is 10.6. The second-order valence-corrected chi connectivity index (χ2v) is 7.08. The monoisotopic (exact) mass is 325 g/mol. The molecule has 1 fully saturated rings. The predicted molar refractivity (Wildman–Crippen MR) is 101 cm³/mol. The van der Waals surface area contributed by atoms with Gasteiger partial charge in [-0.15, -0.1) is 0 Å². The molecule has 23 heavy (non-hydrogen) atoms. The van der Waals surface area contributed by atoms with Crippen LogP contribution in [0, 0.1) is 5.92 Å². The van der Waals surface area contributed by atoms with Gasteiger partial charge in [0.25, 0.3) is 0 Å². The van der Waals surface area contributed by atoms with Crippen LogP contribution < -0.4 is 10.6 Å². The lowest BCUT2D eigenvalue weighted by Crippen LogP contribution is -2.42. The molecule has 0 aliphatic carbocycles. The fourth-order valence-corrected chi connectivity index (χ4v) is 2.85. The lowest BCUT2D eigenvalue weighted by molar-refractivity contribution is 0.280. The summed E-state index contributed by atoms with van der Waals surface area (Å²) in [5, 5.41) is 6.83. The summed E-state index contributed by atoms with van der Waals surface area (Å²) in [4.78, 5) is 9.68. The number of rotatable bonds is 9. The largest absolute Gasteiger partial charge is 0.357 e. The summed E-state index contributed by atoms with van der Waals surface area (Å²) >= 11 is 0. The standard InChI is InChI=1S/C18H39N5/c1-5-19-18(20-10-7-6-9-17(2)3)21-11-14-23-13-8-12-22(4)15-16-23/h17H,5-16H2,1-4H3,(H2,19,20,21). The van der Waals surface area contributed by atoms with E-state index in [-0.39, 0.29) is 0 Å². The molecule has 0 saturated carbocycles. The molecule has 0 atom stereocenters. The molecule has 5 nitrogen and oxygen atoms in total. The van der Waals surface area contributed by atoms with Crippen molar-refractivity contribution in [3.63, 3.8) is 0 Å². The number of aliphatic imine (C=N–C) groups is 1. The van der Waals surface area contributed by atoms with Crippen LogP contribution in [0.1, 0.15) is 46.5 Å². The second-order valence-electron chi connectivity index (χ2n) is 7.08. The van der Waals surface area contributed by atoms with Crippen LogP contribution in [0.4, 0.5) is 0 Å². The zero-order valence-corrected chi connectivity index (χ0v) is 15.9. The first-order chi connectivity index (χ1) is 11.1. The third-order valence-corrected chi connectivity index (χ3v) is 4.34. The zero-order valence-electron chi connectivity index (χ0n) is 15.9. The molecule has 0 aromatic heterocycles. The number of nitrogens with zero attached hydrogens (tertiary/aromatic N) is 3. The van der Waals surface area contributed by atoms with Crippen molar-refractivity contribution in [3.8, 4) is 0 Å². The molecule has 1 heterocycles. The summed E-state index contributed by atoms with van der Waals surface area (Å²) in [5.74, 6) is 1.78. The van der Waals surface area contributed by atoms with Crippen LogP contribution >= 0.6 is 0 Å². The highest BCUT2D eigenvalue weighted by atomic mass is 15.2. The molecule has 2 N–H and O–H groups in total. The van der Waals surface area contributed by atoms with E-state index < -0.39 is 0 Å². The zero-order chi connectivity index (χ0) is 16.9. The van der Waals surface area contributed by atoms with Crippen molar-refractivity contribution in [2.45, 2.75) is 46.5 Å². The van der Waals surface area contributed by atoms with Crippen molar-refractivity contribution in [2.24, 2.45) is 10.9 Å². The lowest BCUT2D eigenvalue weighted by Gasteiger charge is -2.21. The minimum Gasteiger partial charge on any atom is -0.357 e. The minimum atomic E-state index is 0.804. The fraction of sp³-hybridized carbons (Fsp3) is 0.944. The lowest BCUT2D eigenvalue weighted by atomic mass is 10.1. The van der Waals surface area contributed by atoms with E-state index in [2.05, 4.69) is 48.3 Å². The first-order valence-electron chi connectivity index (χ1n) is 9.55. The Bertz CT molecular complexity index is 317. The van der Waals surface area contributed by atoms with Crippen LogP contribution in [-0.2, 0) is 0 Å². The molecule has 0 spiro atoms. The summed E-state index contributed by atoms with van der Waals surface area (Å²) in [5.41, 5.74) is 0. The molecule has 0 amide bonds. The Balaban J connectivity index is 2.21. The van der Waals surface area contributed by atoms with Crippen molar-refractivity contribution in [1.29, 1.82) is 0 Å². The van der Waals surface area contributed by atoms with Crippen molar-refractivity contribution < 1.29 is 0 Å². The molecule has 0 bridgehead atoms. The predicted octanol–water partition coefficient (Wildman–Crippen LogP) is 2.01. The Morgan fingerprint density at radius 3 is 2.65 bits per heavy atom. The number of hydrogen-bond acceptors (Lipinski definition) is 3. The van der Waals surface area contributed by atoms with Gasteiger partial charge in [-0.25, -0.2) is 0 Å². The second kappa shape index (κ2) is 12.6. The molecule has 0 aromatic rings. The average molecular weight is 326 g/mol. The summed E-state index contributed by atoms with van der Waals surface area (Å²) < 4.78 is 0. The molecule has 136 valence electrons. The molecule has 1 rings (SSSR count). The highest BCUT2D eigenvalue weighted by Crippen LogP contribution is 2.05.